The van der Waals surface area contributed by atoms with Gasteiger partial charge in [-0.15, -0.1) is 11.3 Å². The van der Waals surface area contributed by atoms with E-state index in [0.29, 0.717) is 15.7 Å². The standard InChI is InChI=1S/C19H10Cl2F3N3S/c20-13-3-1-11(2-4-13)17-10-28-18(27-17)12(8-25)9-26-16-6-5-14(21)7-15(16)19(22,23)24/h1-7,9-10,26H. The second kappa shape index (κ2) is 8.23. The predicted molar refractivity (Wildman–Crippen MR) is 106 cm³/mol. The Labute approximate surface area is 172 Å². The maximum Gasteiger partial charge on any atom is 0.418 e. The fourth-order valence-electron chi connectivity index (χ4n) is 2.32. The van der Waals surface area contributed by atoms with Gasteiger partial charge in [0.15, 0.2) is 0 Å². The minimum atomic E-state index is -4.59. The molecule has 0 atom stereocenters. The van der Waals surface area contributed by atoms with Crippen LogP contribution in [0.2, 0.25) is 10.0 Å². The molecule has 142 valence electrons. The van der Waals surface area contributed by atoms with E-state index in [1.807, 2.05) is 6.07 Å². The first kappa shape index (κ1) is 20.2. The highest BCUT2D eigenvalue weighted by molar-refractivity contribution is 7.11. The van der Waals surface area contributed by atoms with Gasteiger partial charge in [0.05, 0.1) is 16.9 Å². The Hall–Kier alpha value is -2.53. The van der Waals surface area contributed by atoms with Crippen LogP contribution in [0.15, 0.2) is 54.0 Å². The first-order chi connectivity index (χ1) is 13.3. The van der Waals surface area contributed by atoms with E-state index in [1.165, 1.54) is 29.7 Å². The van der Waals surface area contributed by atoms with Gasteiger partial charge in [-0.05, 0) is 30.3 Å². The summed E-state index contributed by atoms with van der Waals surface area (Å²) in [4.78, 5) is 4.38. The molecule has 1 heterocycles. The van der Waals surface area contributed by atoms with Crippen molar-refractivity contribution in [2.24, 2.45) is 0 Å². The molecule has 28 heavy (non-hydrogen) atoms. The van der Waals surface area contributed by atoms with Crippen LogP contribution in [0, 0.1) is 11.3 Å². The highest BCUT2D eigenvalue weighted by Crippen LogP contribution is 2.37. The third-order valence-electron chi connectivity index (χ3n) is 3.65. The molecule has 1 aromatic heterocycles. The van der Waals surface area contributed by atoms with Gasteiger partial charge in [-0.3, -0.25) is 0 Å². The number of thiazole rings is 1. The third kappa shape index (κ3) is 4.65. The fourth-order valence-corrected chi connectivity index (χ4v) is 3.41. The highest BCUT2D eigenvalue weighted by atomic mass is 35.5. The molecule has 0 unspecified atom stereocenters. The number of rotatable bonds is 4. The second-order valence-electron chi connectivity index (χ2n) is 5.55. The maximum atomic E-state index is 13.2. The lowest BCUT2D eigenvalue weighted by molar-refractivity contribution is -0.136. The van der Waals surface area contributed by atoms with Crippen molar-refractivity contribution in [1.82, 2.24) is 4.98 Å². The van der Waals surface area contributed by atoms with Gasteiger partial charge < -0.3 is 5.32 Å². The first-order valence-corrected chi connectivity index (χ1v) is 9.37. The molecule has 0 spiro atoms. The van der Waals surface area contributed by atoms with Crippen molar-refractivity contribution in [2.75, 3.05) is 5.32 Å². The van der Waals surface area contributed by atoms with Crippen molar-refractivity contribution < 1.29 is 13.2 Å². The summed E-state index contributed by atoms with van der Waals surface area (Å²) in [5.74, 6) is 0. The van der Waals surface area contributed by atoms with Crippen LogP contribution in [-0.2, 0) is 6.18 Å². The number of hydrogen-bond acceptors (Lipinski definition) is 4. The molecule has 0 aliphatic heterocycles. The summed E-state index contributed by atoms with van der Waals surface area (Å²) in [6.45, 7) is 0. The number of hydrogen-bond donors (Lipinski definition) is 1. The molecule has 0 fully saturated rings. The van der Waals surface area contributed by atoms with Crippen LogP contribution >= 0.6 is 34.5 Å². The molecule has 2 aromatic carbocycles. The minimum Gasteiger partial charge on any atom is -0.360 e. The Balaban J connectivity index is 1.88. The first-order valence-electron chi connectivity index (χ1n) is 7.73. The van der Waals surface area contributed by atoms with Crippen LogP contribution in [0.25, 0.3) is 16.8 Å². The monoisotopic (exact) mass is 439 g/mol. The van der Waals surface area contributed by atoms with E-state index in [-0.39, 0.29) is 16.3 Å². The van der Waals surface area contributed by atoms with E-state index >= 15 is 0 Å². The van der Waals surface area contributed by atoms with Crippen LogP contribution in [-0.4, -0.2) is 4.98 Å². The van der Waals surface area contributed by atoms with Gasteiger partial charge in [0.25, 0.3) is 0 Å². The number of nitrogens with zero attached hydrogens (tertiary/aromatic N) is 2. The third-order valence-corrected chi connectivity index (χ3v) is 5.02. The molecule has 0 aliphatic carbocycles. The lowest BCUT2D eigenvalue weighted by Crippen LogP contribution is -2.08. The summed E-state index contributed by atoms with van der Waals surface area (Å²) in [5, 5.41) is 14.6. The summed E-state index contributed by atoms with van der Waals surface area (Å²) in [6.07, 6.45) is -3.39. The molecule has 0 saturated carbocycles. The van der Waals surface area contributed by atoms with Crippen LogP contribution < -0.4 is 5.32 Å². The largest absolute Gasteiger partial charge is 0.418 e. The minimum absolute atomic E-state index is 0.0325. The topological polar surface area (TPSA) is 48.7 Å². The van der Waals surface area contributed by atoms with Gasteiger partial charge in [0, 0.05) is 27.2 Å². The summed E-state index contributed by atoms with van der Waals surface area (Å²) in [5.41, 5.74) is 0.427. The molecule has 3 aromatic rings. The van der Waals surface area contributed by atoms with E-state index < -0.39 is 11.7 Å². The van der Waals surface area contributed by atoms with Gasteiger partial charge in [-0.1, -0.05) is 35.3 Å². The smallest absolute Gasteiger partial charge is 0.360 e. The quantitative estimate of drug-likeness (QED) is 0.440. The van der Waals surface area contributed by atoms with E-state index in [1.54, 1.807) is 29.6 Å². The fraction of sp³-hybridized carbons (Fsp3) is 0.0526. The van der Waals surface area contributed by atoms with Crippen LogP contribution in [0.4, 0.5) is 18.9 Å². The molecule has 0 saturated heterocycles. The zero-order chi connectivity index (χ0) is 20.3. The molecule has 1 N–H and O–H groups in total. The molecule has 0 aliphatic rings. The molecular formula is C19H10Cl2F3N3S. The lowest BCUT2D eigenvalue weighted by Gasteiger charge is -2.13. The van der Waals surface area contributed by atoms with Gasteiger partial charge >= 0.3 is 6.18 Å². The van der Waals surface area contributed by atoms with Crippen molar-refractivity contribution in [3.05, 3.63) is 74.7 Å². The summed E-state index contributed by atoms with van der Waals surface area (Å²) in [7, 11) is 0. The second-order valence-corrected chi connectivity index (χ2v) is 7.28. The number of aromatic nitrogens is 1. The number of alkyl halides is 3. The Morgan fingerprint density at radius 2 is 1.79 bits per heavy atom. The normalized spacial score (nSPS) is 11.9. The van der Waals surface area contributed by atoms with Crippen molar-refractivity contribution >= 4 is 45.8 Å². The van der Waals surface area contributed by atoms with Crippen LogP contribution in [0.3, 0.4) is 0 Å². The number of allylic oxidation sites excluding steroid dienone is 1. The number of anilines is 1. The van der Waals surface area contributed by atoms with Crippen LogP contribution in [0.1, 0.15) is 10.6 Å². The van der Waals surface area contributed by atoms with Crippen LogP contribution in [0.5, 0.6) is 0 Å². The van der Waals surface area contributed by atoms with Gasteiger partial charge in [0.1, 0.15) is 16.6 Å². The predicted octanol–water partition coefficient (Wildman–Crippen LogP) is 7.11. The van der Waals surface area contributed by atoms with Crippen molar-refractivity contribution in [2.45, 2.75) is 6.18 Å². The van der Waals surface area contributed by atoms with Gasteiger partial charge in [0.2, 0.25) is 0 Å². The van der Waals surface area contributed by atoms with Crippen molar-refractivity contribution in [1.29, 1.82) is 5.26 Å². The number of benzene rings is 2. The molecular weight excluding hydrogens is 430 g/mol. The zero-order valence-corrected chi connectivity index (χ0v) is 16.2. The number of nitriles is 1. The Morgan fingerprint density at radius 3 is 2.43 bits per heavy atom. The Bertz CT molecular complexity index is 1070. The van der Waals surface area contributed by atoms with Crippen molar-refractivity contribution in [3.63, 3.8) is 0 Å². The molecule has 0 radical (unpaired) electrons. The summed E-state index contributed by atoms with van der Waals surface area (Å²) < 4.78 is 39.5. The molecule has 3 nitrogen and oxygen atoms in total. The average Bonchev–Trinajstić information content (AvgIpc) is 3.13. The van der Waals surface area contributed by atoms with Gasteiger partial charge in [-0.25, -0.2) is 4.98 Å². The summed E-state index contributed by atoms with van der Waals surface area (Å²) in [6, 6.07) is 12.3. The van der Waals surface area contributed by atoms with Crippen molar-refractivity contribution in [3.8, 4) is 17.3 Å². The van der Waals surface area contributed by atoms with E-state index in [2.05, 4.69) is 10.3 Å². The van der Waals surface area contributed by atoms with E-state index in [0.717, 1.165) is 11.6 Å². The molecule has 0 amide bonds. The zero-order valence-electron chi connectivity index (χ0n) is 13.9. The van der Waals surface area contributed by atoms with Gasteiger partial charge in [-0.2, -0.15) is 18.4 Å². The highest BCUT2D eigenvalue weighted by Gasteiger charge is 2.33. The SMILES string of the molecule is N#CC(=CNc1ccc(Cl)cc1C(F)(F)F)c1nc(-c2ccc(Cl)cc2)cs1. The number of nitrogens with one attached hydrogen (secondary N) is 1. The van der Waals surface area contributed by atoms with E-state index in [9.17, 15) is 18.4 Å². The molecule has 3 rings (SSSR count). The Morgan fingerprint density at radius 1 is 1.11 bits per heavy atom. The number of halogens is 5. The van der Waals surface area contributed by atoms with E-state index in [4.69, 9.17) is 23.2 Å². The Kier molecular flexibility index (Phi) is 5.94. The maximum absolute atomic E-state index is 13.2. The molecule has 9 heteroatoms. The lowest BCUT2D eigenvalue weighted by atomic mass is 10.1. The molecule has 0 bridgehead atoms. The average molecular weight is 440 g/mol. The summed E-state index contributed by atoms with van der Waals surface area (Å²) >= 11 is 12.7.